The van der Waals surface area contributed by atoms with Gasteiger partial charge in [-0.15, -0.1) is 0 Å². The summed E-state index contributed by atoms with van der Waals surface area (Å²) in [6.07, 6.45) is 6.65. The van der Waals surface area contributed by atoms with Crippen molar-refractivity contribution < 1.29 is 9.84 Å². The molecule has 1 saturated heterocycles. The second-order valence-electron chi connectivity index (χ2n) is 9.65. The zero-order valence-electron chi connectivity index (χ0n) is 15.4. The van der Waals surface area contributed by atoms with Crippen molar-refractivity contribution in [2.75, 3.05) is 13.1 Å². The third-order valence-electron chi connectivity index (χ3n) is 8.48. The molecule has 5 aliphatic rings. The van der Waals surface area contributed by atoms with Crippen molar-refractivity contribution in [3.8, 4) is 11.5 Å². The van der Waals surface area contributed by atoms with E-state index >= 15 is 0 Å². The highest BCUT2D eigenvalue weighted by Gasteiger charge is 2.66. The molecule has 2 heterocycles. The molecule has 6 rings (SSSR count). The Kier molecular flexibility index (Phi) is 2.82. The molecular formula is C22H29NO2. The minimum Gasteiger partial charge on any atom is -0.504 e. The highest BCUT2D eigenvalue weighted by molar-refractivity contribution is 5.60. The van der Waals surface area contributed by atoms with E-state index in [1.54, 1.807) is 0 Å². The fourth-order valence-corrected chi connectivity index (χ4v) is 7.04. The summed E-state index contributed by atoms with van der Waals surface area (Å²) in [5.41, 5.74) is 3.03. The van der Waals surface area contributed by atoms with Crippen molar-refractivity contribution >= 4 is 0 Å². The molecule has 1 N–H and O–H groups in total. The lowest BCUT2D eigenvalue weighted by Gasteiger charge is -2.61. The van der Waals surface area contributed by atoms with E-state index in [-0.39, 0.29) is 11.5 Å². The Morgan fingerprint density at radius 1 is 1.28 bits per heavy atom. The van der Waals surface area contributed by atoms with E-state index in [4.69, 9.17) is 4.74 Å². The van der Waals surface area contributed by atoms with E-state index in [1.165, 1.54) is 43.5 Å². The van der Waals surface area contributed by atoms with Crippen LogP contribution in [0.3, 0.4) is 0 Å². The third kappa shape index (κ3) is 1.76. The lowest BCUT2D eigenvalue weighted by molar-refractivity contribution is -0.0955. The number of rotatable bonds is 2. The van der Waals surface area contributed by atoms with E-state index in [2.05, 4.69) is 24.8 Å². The maximum atomic E-state index is 10.5. The zero-order chi connectivity index (χ0) is 16.9. The predicted molar refractivity (Wildman–Crippen MR) is 97.0 cm³/mol. The quantitative estimate of drug-likeness (QED) is 0.891. The Morgan fingerprint density at radius 3 is 2.92 bits per heavy atom. The van der Waals surface area contributed by atoms with Crippen molar-refractivity contribution in [2.24, 2.45) is 23.7 Å². The van der Waals surface area contributed by atoms with Crippen LogP contribution in [0.4, 0.5) is 0 Å². The van der Waals surface area contributed by atoms with Gasteiger partial charge in [0.05, 0.1) is 0 Å². The molecule has 3 fully saturated rings. The molecule has 1 aromatic carbocycles. The van der Waals surface area contributed by atoms with Gasteiger partial charge in [-0.1, -0.05) is 19.9 Å². The second-order valence-corrected chi connectivity index (χ2v) is 9.65. The normalized spacial score (nSPS) is 44.3. The fraction of sp³-hybridized carbons (Fsp3) is 0.727. The molecule has 6 atom stereocenters. The van der Waals surface area contributed by atoms with Gasteiger partial charge in [-0.3, -0.25) is 4.90 Å². The monoisotopic (exact) mass is 339 g/mol. The Morgan fingerprint density at radius 2 is 2.12 bits per heavy atom. The van der Waals surface area contributed by atoms with Gasteiger partial charge in [0.15, 0.2) is 11.5 Å². The first-order valence-electron chi connectivity index (χ1n) is 10.4. The minimum absolute atomic E-state index is 0.165. The van der Waals surface area contributed by atoms with Crippen molar-refractivity contribution in [1.29, 1.82) is 0 Å². The number of hydrogen-bond donors (Lipinski definition) is 1. The first-order valence-corrected chi connectivity index (χ1v) is 10.4. The van der Waals surface area contributed by atoms with Crippen LogP contribution in [0, 0.1) is 23.7 Å². The molecule has 3 nitrogen and oxygen atoms in total. The minimum atomic E-state index is 0.165. The molecule has 25 heavy (non-hydrogen) atoms. The number of piperidine rings is 1. The van der Waals surface area contributed by atoms with Gasteiger partial charge in [-0.05, 0) is 74.0 Å². The van der Waals surface area contributed by atoms with Crippen LogP contribution in [-0.2, 0) is 11.8 Å². The lowest BCUT2D eigenvalue weighted by Crippen LogP contribution is -2.67. The van der Waals surface area contributed by atoms with Crippen LogP contribution in [-0.4, -0.2) is 35.2 Å². The maximum Gasteiger partial charge on any atom is 0.165 e. The molecule has 0 radical (unpaired) electrons. The summed E-state index contributed by atoms with van der Waals surface area (Å²) in [5.74, 6) is 4.27. The molecule has 134 valence electrons. The van der Waals surface area contributed by atoms with Crippen LogP contribution in [0.1, 0.15) is 50.7 Å². The van der Waals surface area contributed by atoms with Crippen LogP contribution in [0.15, 0.2) is 12.1 Å². The molecule has 1 spiro atoms. The van der Waals surface area contributed by atoms with Crippen LogP contribution in [0.25, 0.3) is 0 Å². The number of benzene rings is 1. The Labute approximate surface area is 150 Å². The highest BCUT2D eigenvalue weighted by Crippen LogP contribution is 2.65. The summed E-state index contributed by atoms with van der Waals surface area (Å²) < 4.78 is 6.49. The Bertz CT molecular complexity index is 742. The van der Waals surface area contributed by atoms with Gasteiger partial charge in [0, 0.05) is 23.6 Å². The van der Waals surface area contributed by atoms with Gasteiger partial charge in [0.2, 0.25) is 0 Å². The fourth-order valence-electron chi connectivity index (χ4n) is 7.04. The number of likely N-dealkylation sites (tertiary alicyclic amines) is 1. The zero-order valence-corrected chi connectivity index (χ0v) is 15.4. The van der Waals surface area contributed by atoms with Crippen LogP contribution in [0.2, 0.25) is 0 Å². The molecule has 0 aromatic heterocycles. The summed E-state index contributed by atoms with van der Waals surface area (Å²) in [6.45, 7) is 7.43. The van der Waals surface area contributed by atoms with Crippen molar-refractivity contribution in [1.82, 2.24) is 4.90 Å². The van der Waals surface area contributed by atoms with Crippen LogP contribution >= 0.6 is 0 Å². The number of phenolic OH excluding ortho intramolecular Hbond substituents is 1. The van der Waals surface area contributed by atoms with Crippen LogP contribution < -0.4 is 4.74 Å². The van der Waals surface area contributed by atoms with Gasteiger partial charge >= 0.3 is 0 Å². The van der Waals surface area contributed by atoms with E-state index in [9.17, 15) is 5.11 Å². The third-order valence-corrected chi connectivity index (χ3v) is 8.48. The molecule has 3 heteroatoms. The first-order chi connectivity index (χ1) is 12.1. The summed E-state index contributed by atoms with van der Waals surface area (Å²) in [6, 6.07) is 4.73. The lowest BCUT2D eigenvalue weighted by atomic mass is 9.47. The molecular weight excluding hydrogens is 310 g/mol. The molecule has 1 unspecified atom stereocenters. The van der Waals surface area contributed by atoms with Gasteiger partial charge in [-0.25, -0.2) is 0 Å². The van der Waals surface area contributed by atoms with E-state index in [1.807, 2.05) is 6.07 Å². The van der Waals surface area contributed by atoms with E-state index in [0.717, 1.165) is 30.4 Å². The average molecular weight is 339 g/mol. The summed E-state index contributed by atoms with van der Waals surface area (Å²) >= 11 is 0. The first kappa shape index (κ1) is 14.9. The van der Waals surface area contributed by atoms with Crippen molar-refractivity contribution in [2.45, 2.75) is 63.5 Å². The number of nitrogens with zero attached hydrogens (tertiary/aromatic N) is 1. The Balaban J connectivity index is 1.54. The molecule has 3 aliphatic carbocycles. The number of ether oxygens (including phenoxy) is 1. The highest BCUT2D eigenvalue weighted by atomic mass is 16.5. The van der Waals surface area contributed by atoms with Gasteiger partial charge in [0.1, 0.15) is 6.10 Å². The van der Waals surface area contributed by atoms with E-state index in [0.29, 0.717) is 23.6 Å². The Hall–Kier alpha value is -1.22. The average Bonchev–Trinajstić information content (AvgIpc) is 3.35. The standard InChI is InChI=1S/C22H29NO2/c1-12-9-18-22-7-8-23(11-14-3-4-14)16(19(22)13(12)2)10-15-5-6-17(24)21(25-18)20(15)22/h5-6,12-14,16,18-19,24H,3-4,7-11H2,1-2H3/t12-,13+,16-,18?,19+,22+/m1/s1. The summed E-state index contributed by atoms with van der Waals surface area (Å²) in [4.78, 5) is 2.84. The summed E-state index contributed by atoms with van der Waals surface area (Å²) in [7, 11) is 0. The second kappa shape index (κ2) is 4.73. The topological polar surface area (TPSA) is 32.7 Å². The van der Waals surface area contributed by atoms with E-state index < -0.39 is 0 Å². The van der Waals surface area contributed by atoms with Crippen LogP contribution in [0.5, 0.6) is 11.5 Å². The smallest absolute Gasteiger partial charge is 0.165 e. The van der Waals surface area contributed by atoms with Gasteiger partial charge in [0.25, 0.3) is 0 Å². The molecule has 1 aromatic rings. The number of phenols is 1. The summed E-state index contributed by atoms with van der Waals surface area (Å²) in [5, 5.41) is 10.5. The predicted octanol–water partition coefficient (Wildman–Crippen LogP) is 3.72. The van der Waals surface area contributed by atoms with Gasteiger partial charge < -0.3 is 9.84 Å². The molecule has 2 saturated carbocycles. The van der Waals surface area contributed by atoms with Gasteiger partial charge in [-0.2, -0.15) is 0 Å². The SMILES string of the molecule is C[C@@H]1[C@H]2[C@H]3Cc4ccc(O)c5c4[C@@]2(CCN3CC2CC2)C(C[C@H]1C)O5. The molecule has 0 amide bonds. The number of aromatic hydroxyl groups is 1. The maximum absolute atomic E-state index is 10.5. The largest absolute Gasteiger partial charge is 0.504 e. The van der Waals surface area contributed by atoms with Crippen molar-refractivity contribution in [3.05, 3.63) is 23.3 Å². The van der Waals surface area contributed by atoms with Crippen molar-refractivity contribution in [3.63, 3.8) is 0 Å². The molecule has 2 aliphatic heterocycles. The number of hydrogen-bond acceptors (Lipinski definition) is 3. The molecule has 2 bridgehead atoms.